The fourth-order valence-corrected chi connectivity index (χ4v) is 7.89. The monoisotopic (exact) mass is 587 g/mol. The Hall–Kier alpha value is -5.66. The van der Waals surface area contributed by atoms with Gasteiger partial charge in [-0.2, -0.15) is 0 Å². The maximum Gasteiger partial charge on any atom is 0.0549 e. The van der Waals surface area contributed by atoms with Crippen LogP contribution in [0.2, 0.25) is 0 Å². The van der Waals surface area contributed by atoms with Crippen LogP contribution >= 0.6 is 0 Å². The normalized spacial score (nSPS) is 13.2. The first-order valence-corrected chi connectivity index (χ1v) is 16.1. The van der Waals surface area contributed by atoms with Crippen LogP contribution in [0.15, 0.2) is 164 Å². The van der Waals surface area contributed by atoms with E-state index in [1.165, 1.54) is 77.1 Å². The van der Waals surface area contributed by atoms with Crippen LogP contribution in [-0.2, 0) is 5.41 Å². The number of benzene rings is 8. The zero-order valence-electron chi connectivity index (χ0n) is 26.0. The summed E-state index contributed by atoms with van der Waals surface area (Å²) in [6.07, 6.45) is 0. The summed E-state index contributed by atoms with van der Waals surface area (Å²) in [5.41, 5.74) is 11.3. The third-order valence-corrected chi connectivity index (χ3v) is 10.00. The molecule has 8 aromatic rings. The molecule has 218 valence electrons. The fraction of sp³-hybridized carbons (Fsp3) is 0.0667. The van der Waals surface area contributed by atoms with Crippen LogP contribution in [0.3, 0.4) is 0 Å². The van der Waals surface area contributed by atoms with Gasteiger partial charge in [-0.25, -0.2) is 0 Å². The van der Waals surface area contributed by atoms with Crippen LogP contribution < -0.4 is 4.90 Å². The molecule has 0 heterocycles. The summed E-state index contributed by atoms with van der Waals surface area (Å²) >= 11 is 0. The summed E-state index contributed by atoms with van der Waals surface area (Å²) in [6.45, 7) is 4.77. The molecular formula is C45H33N. The highest BCUT2D eigenvalue weighted by molar-refractivity contribution is 6.08. The largest absolute Gasteiger partial charge is 0.309 e. The molecule has 0 radical (unpaired) electrons. The maximum absolute atomic E-state index is 2.50. The highest BCUT2D eigenvalue weighted by atomic mass is 15.1. The highest BCUT2D eigenvalue weighted by Gasteiger charge is 2.39. The third kappa shape index (κ3) is 3.95. The van der Waals surface area contributed by atoms with Crippen molar-refractivity contribution in [1.29, 1.82) is 0 Å². The van der Waals surface area contributed by atoms with Gasteiger partial charge in [0.1, 0.15) is 0 Å². The van der Waals surface area contributed by atoms with E-state index in [9.17, 15) is 0 Å². The van der Waals surface area contributed by atoms with Gasteiger partial charge in [-0.1, -0.05) is 153 Å². The first kappa shape index (κ1) is 26.7. The van der Waals surface area contributed by atoms with Gasteiger partial charge in [0.15, 0.2) is 0 Å². The summed E-state index contributed by atoms with van der Waals surface area (Å²) < 4.78 is 0. The Labute approximate surface area is 270 Å². The van der Waals surface area contributed by atoms with E-state index in [1.54, 1.807) is 0 Å². The van der Waals surface area contributed by atoms with Gasteiger partial charge in [0.05, 0.1) is 11.4 Å². The van der Waals surface area contributed by atoms with Gasteiger partial charge in [0.25, 0.3) is 0 Å². The summed E-state index contributed by atoms with van der Waals surface area (Å²) in [4.78, 5) is 2.50. The molecule has 9 rings (SSSR count). The molecule has 0 N–H and O–H groups in total. The zero-order chi connectivity index (χ0) is 30.8. The van der Waals surface area contributed by atoms with Crippen molar-refractivity contribution >= 4 is 49.4 Å². The third-order valence-electron chi connectivity index (χ3n) is 10.00. The van der Waals surface area contributed by atoms with E-state index in [-0.39, 0.29) is 5.41 Å². The molecule has 1 aliphatic rings. The van der Waals surface area contributed by atoms with Crippen LogP contribution in [-0.4, -0.2) is 0 Å². The van der Waals surface area contributed by atoms with Crippen LogP contribution in [0, 0.1) is 0 Å². The quantitative estimate of drug-likeness (QED) is 0.198. The summed E-state index contributed by atoms with van der Waals surface area (Å²) in [6, 6.07) is 60.1. The summed E-state index contributed by atoms with van der Waals surface area (Å²) in [7, 11) is 0. The molecule has 1 nitrogen and oxygen atoms in total. The Bertz CT molecular complexity index is 2440. The molecule has 0 atom stereocenters. The van der Waals surface area contributed by atoms with Crippen molar-refractivity contribution < 1.29 is 0 Å². The SMILES string of the molecule is CC1(C)c2ccccc2-c2c(N(c3ccc(-c4cccc5ccccc45)cc3)c3cccc4ccccc34)cc3ccccc3c21. The number of anilines is 3. The Morgan fingerprint density at radius 3 is 1.78 bits per heavy atom. The van der Waals surface area contributed by atoms with E-state index in [1.807, 2.05) is 0 Å². The van der Waals surface area contributed by atoms with Crippen LogP contribution in [0.1, 0.15) is 25.0 Å². The molecule has 1 aliphatic carbocycles. The van der Waals surface area contributed by atoms with Crippen LogP contribution in [0.4, 0.5) is 17.1 Å². The standard InChI is InChI=1S/C45H33N/c1-45(2)40-23-10-9-21-39(40)43-42(29-33-15-5-8-20-38(33)44(43)45)46(41-24-12-17-31-14-4-7-19-37(31)41)34-27-25-32(26-28-34)36-22-11-16-30-13-3-6-18-35(30)36/h3-29H,1-2H3. The van der Waals surface area contributed by atoms with Gasteiger partial charge in [0, 0.05) is 22.1 Å². The number of hydrogen-bond acceptors (Lipinski definition) is 1. The number of rotatable bonds is 4. The van der Waals surface area contributed by atoms with Crippen molar-refractivity contribution in [2.75, 3.05) is 4.90 Å². The van der Waals surface area contributed by atoms with Gasteiger partial charge in [0.2, 0.25) is 0 Å². The van der Waals surface area contributed by atoms with E-state index in [0.717, 1.165) is 5.69 Å². The Morgan fingerprint density at radius 1 is 0.435 bits per heavy atom. The average molecular weight is 588 g/mol. The van der Waals surface area contributed by atoms with Crippen molar-refractivity contribution in [2.24, 2.45) is 0 Å². The fourth-order valence-electron chi connectivity index (χ4n) is 7.89. The molecule has 0 aliphatic heterocycles. The molecule has 0 saturated carbocycles. The number of fused-ring (bicyclic) bond motifs is 7. The van der Waals surface area contributed by atoms with Crippen molar-refractivity contribution in [3.05, 3.63) is 175 Å². The van der Waals surface area contributed by atoms with E-state index < -0.39 is 0 Å². The van der Waals surface area contributed by atoms with E-state index >= 15 is 0 Å². The average Bonchev–Trinajstić information content (AvgIpc) is 3.35. The molecule has 0 aromatic heterocycles. The van der Waals surface area contributed by atoms with Crippen LogP contribution in [0.25, 0.3) is 54.6 Å². The highest BCUT2D eigenvalue weighted by Crippen LogP contribution is 2.57. The number of nitrogens with zero attached hydrogens (tertiary/aromatic N) is 1. The minimum absolute atomic E-state index is 0.135. The molecule has 1 heteroatoms. The minimum atomic E-state index is -0.135. The first-order chi connectivity index (χ1) is 22.6. The predicted molar refractivity (Wildman–Crippen MR) is 197 cm³/mol. The molecule has 0 saturated heterocycles. The molecule has 0 fully saturated rings. The van der Waals surface area contributed by atoms with Crippen molar-refractivity contribution in [2.45, 2.75) is 19.3 Å². The van der Waals surface area contributed by atoms with E-state index in [2.05, 4.69) is 183 Å². The molecule has 46 heavy (non-hydrogen) atoms. The van der Waals surface area contributed by atoms with Crippen molar-refractivity contribution in [1.82, 2.24) is 0 Å². The minimum Gasteiger partial charge on any atom is -0.309 e. The molecule has 8 aromatic carbocycles. The van der Waals surface area contributed by atoms with E-state index in [4.69, 9.17) is 0 Å². The zero-order valence-corrected chi connectivity index (χ0v) is 26.0. The Morgan fingerprint density at radius 2 is 1.00 bits per heavy atom. The van der Waals surface area contributed by atoms with E-state index in [0.29, 0.717) is 0 Å². The lowest BCUT2D eigenvalue weighted by atomic mass is 9.80. The Kier molecular flexibility index (Phi) is 5.92. The first-order valence-electron chi connectivity index (χ1n) is 16.1. The van der Waals surface area contributed by atoms with Crippen molar-refractivity contribution in [3.8, 4) is 22.3 Å². The second-order valence-corrected chi connectivity index (χ2v) is 12.9. The van der Waals surface area contributed by atoms with Gasteiger partial charge < -0.3 is 4.90 Å². The van der Waals surface area contributed by atoms with Crippen LogP contribution in [0.5, 0.6) is 0 Å². The molecule has 0 amide bonds. The topological polar surface area (TPSA) is 3.24 Å². The second-order valence-electron chi connectivity index (χ2n) is 12.9. The molecular weight excluding hydrogens is 555 g/mol. The van der Waals surface area contributed by atoms with Gasteiger partial charge in [-0.15, -0.1) is 0 Å². The van der Waals surface area contributed by atoms with Gasteiger partial charge in [-0.05, 0) is 79.0 Å². The molecule has 0 bridgehead atoms. The Balaban J connectivity index is 1.34. The van der Waals surface area contributed by atoms with Gasteiger partial charge in [-0.3, -0.25) is 0 Å². The lowest BCUT2D eigenvalue weighted by Gasteiger charge is -2.31. The summed E-state index contributed by atoms with van der Waals surface area (Å²) in [5.74, 6) is 0. The molecule has 0 unspecified atom stereocenters. The summed E-state index contributed by atoms with van der Waals surface area (Å²) in [5, 5.41) is 7.58. The molecule has 0 spiro atoms. The number of hydrogen-bond donors (Lipinski definition) is 0. The van der Waals surface area contributed by atoms with Gasteiger partial charge >= 0.3 is 0 Å². The lowest BCUT2D eigenvalue weighted by Crippen LogP contribution is -2.17. The second kappa shape index (κ2) is 10.2. The predicted octanol–water partition coefficient (Wildman–Crippen LogP) is 12.6. The van der Waals surface area contributed by atoms with Crippen molar-refractivity contribution in [3.63, 3.8) is 0 Å². The lowest BCUT2D eigenvalue weighted by molar-refractivity contribution is 0.666. The smallest absolute Gasteiger partial charge is 0.0549 e. The maximum atomic E-state index is 2.50.